The van der Waals surface area contributed by atoms with Gasteiger partial charge in [0.15, 0.2) is 5.82 Å². The monoisotopic (exact) mass is 740 g/mol. The smallest absolute Gasteiger partial charge is 0.160 e. The van der Waals surface area contributed by atoms with Crippen molar-refractivity contribution in [1.82, 2.24) is 9.97 Å². The van der Waals surface area contributed by atoms with Crippen molar-refractivity contribution in [2.45, 2.75) is 83.0 Å². The zero-order valence-electron chi connectivity index (χ0n) is 33.4. The first-order valence-electron chi connectivity index (χ1n) is 21.7. The first-order valence-corrected chi connectivity index (χ1v) is 21.7. The maximum absolute atomic E-state index is 5.09. The lowest BCUT2D eigenvalue weighted by Crippen LogP contribution is -2.35. The molecule has 3 aromatic carbocycles. The van der Waals surface area contributed by atoms with Crippen LogP contribution >= 0.6 is 0 Å². The average molecular weight is 741 g/mol. The summed E-state index contributed by atoms with van der Waals surface area (Å²) < 4.78 is 0. The molecule has 1 spiro atoms. The van der Waals surface area contributed by atoms with E-state index in [4.69, 9.17) is 9.97 Å². The molecule has 0 amide bonds. The fourth-order valence-corrected chi connectivity index (χ4v) is 11.8. The quantitative estimate of drug-likeness (QED) is 0.204. The van der Waals surface area contributed by atoms with Crippen LogP contribution in [0.5, 0.6) is 0 Å². The van der Waals surface area contributed by atoms with Crippen LogP contribution in [0.4, 0.5) is 0 Å². The Morgan fingerprint density at radius 2 is 1.23 bits per heavy atom. The number of fused-ring (bicyclic) bond motifs is 8. The second-order valence-electron chi connectivity index (χ2n) is 18.2. The molecule has 0 N–H and O–H groups in total. The van der Waals surface area contributed by atoms with Crippen molar-refractivity contribution in [1.29, 1.82) is 0 Å². The average Bonchev–Trinajstić information content (AvgIpc) is 3.66. The Labute approximate surface area is 339 Å². The largest absolute Gasteiger partial charge is 0.228 e. The van der Waals surface area contributed by atoms with Gasteiger partial charge in [0, 0.05) is 28.4 Å². The summed E-state index contributed by atoms with van der Waals surface area (Å²) in [5, 5.41) is 0. The molecule has 0 bridgehead atoms. The molecular weight excluding hydrogens is 689 g/mol. The Hall–Kier alpha value is -5.34. The molecule has 282 valence electrons. The van der Waals surface area contributed by atoms with Crippen LogP contribution in [0.3, 0.4) is 0 Å². The van der Waals surface area contributed by atoms with Crippen molar-refractivity contribution >= 4 is 16.7 Å². The van der Waals surface area contributed by atoms with E-state index in [1.807, 2.05) is 0 Å². The van der Waals surface area contributed by atoms with Crippen molar-refractivity contribution in [3.05, 3.63) is 185 Å². The molecule has 4 aromatic rings. The summed E-state index contributed by atoms with van der Waals surface area (Å²) in [6.45, 7) is 5.01. The molecule has 7 aliphatic rings. The number of aromatic nitrogens is 2. The summed E-state index contributed by atoms with van der Waals surface area (Å²) in [7, 11) is 0. The van der Waals surface area contributed by atoms with E-state index >= 15 is 0 Å². The summed E-state index contributed by atoms with van der Waals surface area (Å²) in [5.74, 6) is 2.82. The number of allylic oxidation sites excluding steroid dienone is 16. The van der Waals surface area contributed by atoms with E-state index in [1.165, 1.54) is 59.9 Å². The van der Waals surface area contributed by atoms with Crippen LogP contribution in [0.25, 0.3) is 39.1 Å². The van der Waals surface area contributed by atoms with Gasteiger partial charge in [-0.05, 0) is 112 Å². The second-order valence-corrected chi connectivity index (χ2v) is 18.2. The highest BCUT2D eigenvalue weighted by molar-refractivity contribution is 5.81. The number of benzene rings is 3. The van der Waals surface area contributed by atoms with Crippen molar-refractivity contribution in [3.8, 4) is 22.4 Å². The summed E-state index contributed by atoms with van der Waals surface area (Å²) in [5.41, 5.74) is 17.3. The lowest BCUT2D eigenvalue weighted by molar-refractivity contribution is 0.231. The fourth-order valence-electron chi connectivity index (χ4n) is 11.8. The van der Waals surface area contributed by atoms with E-state index in [-0.39, 0.29) is 5.41 Å². The zero-order chi connectivity index (χ0) is 38.1. The predicted octanol–water partition coefficient (Wildman–Crippen LogP) is 14.0. The van der Waals surface area contributed by atoms with Gasteiger partial charge < -0.3 is 0 Å². The van der Waals surface area contributed by atoms with Crippen LogP contribution in [0.15, 0.2) is 157 Å². The van der Waals surface area contributed by atoms with E-state index in [9.17, 15) is 0 Å². The molecule has 2 fully saturated rings. The molecule has 1 heterocycles. The van der Waals surface area contributed by atoms with Crippen molar-refractivity contribution in [3.63, 3.8) is 0 Å². The Kier molecular flexibility index (Phi) is 8.35. The maximum atomic E-state index is 5.09. The Morgan fingerprint density at radius 3 is 1.95 bits per heavy atom. The van der Waals surface area contributed by atoms with Gasteiger partial charge in [-0.25, -0.2) is 9.97 Å². The molecule has 4 atom stereocenters. The number of hydrogen-bond donors (Lipinski definition) is 0. The number of hydrogen-bond acceptors (Lipinski definition) is 2. The van der Waals surface area contributed by atoms with E-state index in [2.05, 4.69) is 160 Å². The minimum absolute atomic E-state index is 0.0791. The van der Waals surface area contributed by atoms with Crippen molar-refractivity contribution in [2.75, 3.05) is 0 Å². The molecular formula is C55H52N2. The summed E-state index contributed by atoms with van der Waals surface area (Å²) >= 11 is 0. The third-order valence-electron chi connectivity index (χ3n) is 14.8. The predicted molar refractivity (Wildman–Crippen MR) is 237 cm³/mol. The maximum Gasteiger partial charge on any atom is 0.160 e. The second kappa shape index (κ2) is 13.7. The van der Waals surface area contributed by atoms with E-state index in [0.717, 1.165) is 54.0 Å². The van der Waals surface area contributed by atoms with Crippen LogP contribution in [0.1, 0.15) is 106 Å². The molecule has 0 radical (unpaired) electrons. The van der Waals surface area contributed by atoms with Gasteiger partial charge in [0.25, 0.3) is 0 Å². The Bertz CT molecular complexity index is 2470. The minimum atomic E-state index is 0.0791. The van der Waals surface area contributed by atoms with Crippen LogP contribution in [0, 0.1) is 23.2 Å². The Morgan fingerprint density at radius 1 is 0.561 bits per heavy atom. The molecule has 4 unspecified atom stereocenters. The SMILES string of the molecule is CC1(C)C2=CC3c4ccccc4C4(CCCCC4)C3C=C2C2C=CC(c3ccc(-c4ccc(-c5cc(C6=CCCC=C6)nc(C6=CCCC=C6)n5)cc4)cc3)=CC21. The van der Waals surface area contributed by atoms with Crippen molar-refractivity contribution < 1.29 is 0 Å². The molecule has 2 saturated carbocycles. The van der Waals surface area contributed by atoms with Gasteiger partial charge in [0.1, 0.15) is 0 Å². The van der Waals surface area contributed by atoms with Gasteiger partial charge in [-0.1, -0.05) is 173 Å². The molecule has 1 aromatic heterocycles. The van der Waals surface area contributed by atoms with Gasteiger partial charge in [-0.2, -0.15) is 0 Å². The topological polar surface area (TPSA) is 25.8 Å². The lowest BCUT2D eigenvalue weighted by Gasteiger charge is -2.42. The van der Waals surface area contributed by atoms with Crippen molar-refractivity contribution in [2.24, 2.45) is 23.2 Å². The zero-order valence-corrected chi connectivity index (χ0v) is 33.4. The first kappa shape index (κ1) is 34.9. The van der Waals surface area contributed by atoms with E-state index in [1.54, 1.807) is 22.3 Å². The molecule has 57 heavy (non-hydrogen) atoms. The first-order chi connectivity index (χ1) is 28.0. The summed E-state index contributed by atoms with van der Waals surface area (Å²) in [4.78, 5) is 10.1. The molecule has 0 saturated heterocycles. The number of rotatable bonds is 5. The molecule has 2 nitrogen and oxygen atoms in total. The third kappa shape index (κ3) is 5.73. The van der Waals surface area contributed by atoms with Crippen LogP contribution < -0.4 is 0 Å². The van der Waals surface area contributed by atoms with Gasteiger partial charge in [0.05, 0.1) is 11.4 Å². The third-order valence-corrected chi connectivity index (χ3v) is 14.8. The van der Waals surface area contributed by atoms with Gasteiger partial charge in [0.2, 0.25) is 0 Å². The number of nitrogens with zero attached hydrogens (tertiary/aromatic N) is 2. The van der Waals surface area contributed by atoms with Crippen LogP contribution in [-0.2, 0) is 5.41 Å². The van der Waals surface area contributed by atoms with Crippen LogP contribution in [-0.4, -0.2) is 9.97 Å². The Balaban J connectivity index is 0.859. The van der Waals surface area contributed by atoms with Crippen LogP contribution in [0.2, 0.25) is 0 Å². The summed E-state index contributed by atoms with van der Waals surface area (Å²) in [6.07, 6.45) is 37.6. The normalized spacial score (nSPS) is 26.0. The standard InChI is InChI=1S/C55H52N2/c1-54(2)48-32-42(28-29-44(48)45-34-50-46(33-49(45)54)43-18-10-11-19-47(43)55(50)30-12-5-13-31-55)38-22-20-36(21-23-38)37-24-26-40(27-25-37)52-35-51(39-14-6-3-7-15-39)56-53(57-52)41-16-8-4-9-17-41/h6,8,10-11,14-29,32-35,44,46,48,50H,3-5,7,9,12-13,30-31H2,1-2H3. The lowest BCUT2D eigenvalue weighted by atomic mass is 9.62. The van der Waals surface area contributed by atoms with E-state index < -0.39 is 0 Å². The van der Waals surface area contributed by atoms with Gasteiger partial charge >= 0.3 is 0 Å². The fraction of sp³-hybridized carbons (Fsp3) is 0.309. The van der Waals surface area contributed by atoms with Gasteiger partial charge in [-0.3, -0.25) is 0 Å². The highest BCUT2D eigenvalue weighted by Crippen LogP contribution is 2.65. The summed E-state index contributed by atoms with van der Waals surface area (Å²) in [6, 6.07) is 29.8. The van der Waals surface area contributed by atoms with E-state index in [0.29, 0.717) is 29.1 Å². The molecule has 7 aliphatic carbocycles. The van der Waals surface area contributed by atoms with Gasteiger partial charge in [-0.15, -0.1) is 0 Å². The molecule has 11 rings (SSSR count). The highest BCUT2D eigenvalue weighted by Gasteiger charge is 2.56. The minimum Gasteiger partial charge on any atom is -0.228 e. The highest BCUT2D eigenvalue weighted by atomic mass is 14.9. The molecule has 2 heteroatoms. The molecule has 0 aliphatic heterocycles.